The summed E-state index contributed by atoms with van der Waals surface area (Å²) in [6, 6.07) is 7.98. The number of imide groups is 2. The number of hydrogen-bond donors (Lipinski definition) is 1. The van der Waals surface area contributed by atoms with Crippen LogP contribution in [-0.2, 0) is 19.7 Å². The quantitative estimate of drug-likeness (QED) is 0.833. The summed E-state index contributed by atoms with van der Waals surface area (Å²) in [4.78, 5) is 37.6. The lowest BCUT2D eigenvalue weighted by atomic mass is 9.75. The molecule has 6 nitrogen and oxygen atoms in total. The van der Waals surface area contributed by atoms with Crippen LogP contribution in [0.1, 0.15) is 18.9 Å². The van der Waals surface area contributed by atoms with E-state index in [2.05, 4.69) is 5.32 Å². The van der Waals surface area contributed by atoms with Gasteiger partial charge in [-0.3, -0.25) is 14.9 Å². The number of urea groups is 1. The van der Waals surface area contributed by atoms with Gasteiger partial charge in [-0.2, -0.15) is 0 Å². The molecule has 0 unspecified atom stereocenters. The van der Waals surface area contributed by atoms with Crippen molar-refractivity contribution in [1.82, 2.24) is 10.2 Å². The van der Waals surface area contributed by atoms with E-state index in [1.165, 1.54) is 7.11 Å². The Morgan fingerprint density at radius 1 is 1.20 bits per heavy atom. The third-order valence-corrected chi connectivity index (χ3v) is 3.52. The molecule has 1 fully saturated rings. The highest BCUT2D eigenvalue weighted by molar-refractivity contribution is 6.22. The largest absolute Gasteiger partial charge is 0.364 e. The zero-order valence-corrected chi connectivity index (χ0v) is 11.4. The molecular weight excluding hydrogens is 260 g/mol. The van der Waals surface area contributed by atoms with Crippen molar-refractivity contribution in [2.24, 2.45) is 0 Å². The molecule has 4 amide bonds. The second-order valence-corrected chi connectivity index (χ2v) is 4.54. The molecule has 1 heterocycles. The molecule has 0 saturated carbocycles. The SMILES string of the molecule is CC[C@@]1(c2ccccc2)C(=O)NC(=O)N(COC)C1=O. The van der Waals surface area contributed by atoms with Gasteiger partial charge in [-0.05, 0) is 12.0 Å². The first-order valence-electron chi connectivity index (χ1n) is 6.29. The van der Waals surface area contributed by atoms with Gasteiger partial charge in [0.2, 0.25) is 5.91 Å². The summed E-state index contributed by atoms with van der Waals surface area (Å²) in [7, 11) is 1.38. The van der Waals surface area contributed by atoms with Crippen LogP contribution in [0.2, 0.25) is 0 Å². The van der Waals surface area contributed by atoms with Gasteiger partial charge in [0.1, 0.15) is 6.73 Å². The molecule has 0 spiro atoms. The maximum absolute atomic E-state index is 12.7. The number of carbonyl (C=O) groups excluding carboxylic acids is 3. The number of hydrogen-bond acceptors (Lipinski definition) is 4. The van der Waals surface area contributed by atoms with Gasteiger partial charge in [-0.25, -0.2) is 9.69 Å². The third kappa shape index (κ3) is 1.98. The van der Waals surface area contributed by atoms with E-state index in [1.807, 2.05) is 0 Å². The number of benzene rings is 1. The molecular formula is C14H16N2O4. The lowest BCUT2D eigenvalue weighted by molar-refractivity contribution is -0.148. The maximum atomic E-state index is 12.7. The van der Waals surface area contributed by atoms with Gasteiger partial charge >= 0.3 is 6.03 Å². The minimum absolute atomic E-state index is 0.188. The van der Waals surface area contributed by atoms with Crippen molar-refractivity contribution >= 4 is 17.8 Å². The zero-order chi connectivity index (χ0) is 14.8. The Bertz CT molecular complexity index is 543. The molecule has 6 heteroatoms. The second kappa shape index (κ2) is 5.42. The molecule has 1 aromatic rings. The summed E-state index contributed by atoms with van der Waals surface area (Å²) in [5.41, 5.74) is -0.813. The second-order valence-electron chi connectivity index (χ2n) is 4.54. The predicted octanol–water partition coefficient (Wildman–Crippen LogP) is 1.02. The van der Waals surface area contributed by atoms with E-state index in [4.69, 9.17) is 4.74 Å². The van der Waals surface area contributed by atoms with Crippen LogP contribution in [0.4, 0.5) is 4.79 Å². The summed E-state index contributed by atoms with van der Waals surface area (Å²) < 4.78 is 4.86. The Morgan fingerprint density at radius 2 is 1.85 bits per heavy atom. The number of nitrogens with one attached hydrogen (secondary N) is 1. The van der Waals surface area contributed by atoms with E-state index < -0.39 is 23.3 Å². The van der Waals surface area contributed by atoms with Gasteiger partial charge in [-0.15, -0.1) is 0 Å². The van der Waals surface area contributed by atoms with Crippen molar-refractivity contribution in [3.63, 3.8) is 0 Å². The fraction of sp³-hybridized carbons (Fsp3) is 0.357. The van der Waals surface area contributed by atoms with Crippen molar-refractivity contribution < 1.29 is 19.1 Å². The molecule has 1 aliphatic rings. The van der Waals surface area contributed by atoms with Crippen LogP contribution in [-0.4, -0.2) is 36.6 Å². The Hall–Kier alpha value is -2.21. The molecule has 1 saturated heterocycles. The fourth-order valence-corrected chi connectivity index (χ4v) is 2.43. The first-order valence-corrected chi connectivity index (χ1v) is 6.29. The van der Waals surface area contributed by atoms with Gasteiger partial charge in [0.25, 0.3) is 5.91 Å². The average molecular weight is 276 g/mol. The van der Waals surface area contributed by atoms with Gasteiger partial charge in [0.15, 0.2) is 5.41 Å². The van der Waals surface area contributed by atoms with Gasteiger partial charge in [-0.1, -0.05) is 37.3 Å². The molecule has 106 valence electrons. The summed E-state index contributed by atoms with van der Waals surface area (Å²) in [6.45, 7) is 1.55. The lowest BCUT2D eigenvalue weighted by Gasteiger charge is -2.38. The number of methoxy groups -OCH3 is 1. The molecule has 2 rings (SSSR count). The smallest absolute Gasteiger partial charge is 0.332 e. The van der Waals surface area contributed by atoms with Crippen LogP contribution in [0.15, 0.2) is 30.3 Å². The summed E-state index contributed by atoms with van der Waals surface area (Å²) in [5.74, 6) is -1.14. The van der Waals surface area contributed by atoms with Crippen molar-refractivity contribution in [3.05, 3.63) is 35.9 Å². The van der Waals surface area contributed by atoms with Crippen molar-refractivity contribution in [2.45, 2.75) is 18.8 Å². The molecule has 1 aliphatic heterocycles. The minimum atomic E-state index is -1.38. The number of amides is 4. The van der Waals surface area contributed by atoms with E-state index >= 15 is 0 Å². The molecule has 0 radical (unpaired) electrons. The predicted molar refractivity (Wildman–Crippen MR) is 70.7 cm³/mol. The van der Waals surface area contributed by atoms with Crippen molar-refractivity contribution in [2.75, 3.05) is 13.8 Å². The van der Waals surface area contributed by atoms with Gasteiger partial charge in [0, 0.05) is 7.11 Å². The van der Waals surface area contributed by atoms with Crippen LogP contribution in [0.3, 0.4) is 0 Å². The first kappa shape index (κ1) is 14.2. The van der Waals surface area contributed by atoms with Crippen molar-refractivity contribution in [3.8, 4) is 0 Å². The Balaban J connectivity index is 2.53. The molecule has 1 atom stereocenters. The minimum Gasteiger partial charge on any atom is -0.364 e. The topological polar surface area (TPSA) is 75.7 Å². The van der Waals surface area contributed by atoms with Crippen LogP contribution in [0.25, 0.3) is 0 Å². The Labute approximate surface area is 116 Å². The van der Waals surface area contributed by atoms with Gasteiger partial charge in [0.05, 0.1) is 0 Å². The Morgan fingerprint density at radius 3 is 2.40 bits per heavy atom. The van der Waals surface area contributed by atoms with E-state index in [0.717, 1.165) is 4.90 Å². The Kier molecular flexibility index (Phi) is 3.85. The fourth-order valence-electron chi connectivity index (χ4n) is 2.43. The highest BCUT2D eigenvalue weighted by Crippen LogP contribution is 2.33. The van der Waals surface area contributed by atoms with Crippen LogP contribution >= 0.6 is 0 Å². The summed E-state index contributed by atoms with van der Waals surface area (Å²) in [5, 5.41) is 2.23. The molecule has 1 N–H and O–H groups in total. The van der Waals surface area contributed by atoms with E-state index in [-0.39, 0.29) is 13.2 Å². The normalized spacial score (nSPS) is 22.9. The van der Waals surface area contributed by atoms with E-state index in [1.54, 1.807) is 37.3 Å². The highest BCUT2D eigenvalue weighted by atomic mass is 16.5. The average Bonchev–Trinajstić information content (AvgIpc) is 2.45. The molecule has 20 heavy (non-hydrogen) atoms. The van der Waals surface area contributed by atoms with Crippen LogP contribution < -0.4 is 5.32 Å². The number of carbonyl (C=O) groups is 3. The molecule has 0 aromatic heterocycles. The highest BCUT2D eigenvalue weighted by Gasteiger charge is 2.53. The number of barbiturate groups is 1. The third-order valence-electron chi connectivity index (χ3n) is 3.52. The summed E-state index contributed by atoms with van der Waals surface area (Å²) >= 11 is 0. The van der Waals surface area contributed by atoms with Crippen molar-refractivity contribution in [1.29, 1.82) is 0 Å². The molecule has 0 aliphatic carbocycles. The van der Waals surface area contributed by atoms with Gasteiger partial charge < -0.3 is 4.74 Å². The number of ether oxygens (including phenoxy) is 1. The number of rotatable bonds is 4. The van der Waals surface area contributed by atoms with Crippen LogP contribution in [0.5, 0.6) is 0 Å². The standard InChI is InChI=1S/C14H16N2O4/c1-3-14(10-7-5-4-6-8-10)11(17)15-13(19)16(9-20-2)12(14)18/h4-8H,3,9H2,1-2H3,(H,15,17,19)/t14-/m1/s1. The van der Waals surface area contributed by atoms with Crippen LogP contribution in [0, 0.1) is 0 Å². The monoisotopic (exact) mass is 276 g/mol. The summed E-state index contributed by atoms with van der Waals surface area (Å²) in [6.07, 6.45) is 0.259. The zero-order valence-electron chi connectivity index (χ0n) is 11.4. The lowest BCUT2D eigenvalue weighted by Crippen LogP contribution is -2.66. The molecule has 0 bridgehead atoms. The van der Waals surface area contributed by atoms with E-state index in [0.29, 0.717) is 5.56 Å². The maximum Gasteiger partial charge on any atom is 0.332 e. The first-order chi connectivity index (χ1) is 9.57. The van der Waals surface area contributed by atoms with E-state index in [9.17, 15) is 14.4 Å². The number of nitrogens with zero attached hydrogens (tertiary/aromatic N) is 1. The molecule has 1 aromatic carbocycles.